The quantitative estimate of drug-likeness (QED) is 0.818. The molecule has 0 saturated heterocycles. The average Bonchev–Trinajstić information content (AvgIpc) is 2.68. The van der Waals surface area contributed by atoms with E-state index in [9.17, 15) is 0 Å². The molecule has 0 saturated carbocycles. The first-order valence-corrected chi connectivity index (χ1v) is 6.46. The van der Waals surface area contributed by atoms with Crippen molar-refractivity contribution < 1.29 is 0 Å². The number of nitrogens with one attached hydrogen (secondary N) is 1. The highest BCUT2D eigenvalue weighted by atomic mass is 32.1. The zero-order chi connectivity index (χ0) is 12.3. The predicted molar refractivity (Wildman–Crippen MR) is 78.7 cm³/mol. The first-order chi connectivity index (χ1) is 8.20. The smallest absolute Gasteiger partial charge is 0.0797 e. The largest absolute Gasteiger partial charge is 0.351 e. The van der Waals surface area contributed by atoms with Crippen LogP contribution in [-0.4, -0.2) is 9.56 Å². The lowest BCUT2D eigenvalue weighted by Gasteiger charge is -2.07. The SMILES string of the molecule is CCCCC(=S)Nc1ccc2c(ccn2C)c1. The van der Waals surface area contributed by atoms with E-state index in [-0.39, 0.29) is 0 Å². The minimum Gasteiger partial charge on any atom is -0.351 e. The Morgan fingerprint density at radius 2 is 2.18 bits per heavy atom. The molecule has 0 aliphatic carbocycles. The Hall–Kier alpha value is -1.35. The molecule has 0 bridgehead atoms. The molecular formula is C14H18N2S. The van der Waals surface area contributed by atoms with Crippen LogP contribution < -0.4 is 5.32 Å². The molecule has 0 aliphatic rings. The summed E-state index contributed by atoms with van der Waals surface area (Å²) < 4.78 is 2.12. The summed E-state index contributed by atoms with van der Waals surface area (Å²) in [4.78, 5) is 0.933. The van der Waals surface area contributed by atoms with E-state index in [0.29, 0.717) is 0 Å². The van der Waals surface area contributed by atoms with Gasteiger partial charge in [-0.05, 0) is 37.1 Å². The molecule has 2 nitrogen and oxygen atoms in total. The first kappa shape index (κ1) is 12.1. The Morgan fingerprint density at radius 1 is 1.35 bits per heavy atom. The van der Waals surface area contributed by atoms with Crippen LogP contribution >= 0.6 is 12.2 Å². The molecule has 0 aliphatic heterocycles. The lowest BCUT2D eigenvalue weighted by atomic mass is 10.2. The summed E-state index contributed by atoms with van der Waals surface area (Å²) in [7, 11) is 2.06. The average molecular weight is 246 g/mol. The van der Waals surface area contributed by atoms with Crippen molar-refractivity contribution in [2.24, 2.45) is 7.05 Å². The lowest BCUT2D eigenvalue weighted by molar-refractivity contribution is 0.839. The fourth-order valence-electron chi connectivity index (χ4n) is 1.92. The lowest BCUT2D eigenvalue weighted by Crippen LogP contribution is -2.08. The van der Waals surface area contributed by atoms with Gasteiger partial charge in [0, 0.05) is 29.8 Å². The third-order valence-electron chi connectivity index (χ3n) is 2.93. The van der Waals surface area contributed by atoms with E-state index in [1.165, 1.54) is 17.3 Å². The van der Waals surface area contributed by atoms with Crippen LogP contribution in [0.15, 0.2) is 30.5 Å². The molecule has 17 heavy (non-hydrogen) atoms. The summed E-state index contributed by atoms with van der Waals surface area (Å²) in [5.74, 6) is 0. The molecule has 0 radical (unpaired) electrons. The van der Waals surface area contributed by atoms with E-state index in [4.69, 9.17) is 12.2 Å². The summed E-state index contributed by atoms with van der Waals surface area (Å²) in [5.41, 5.74) is 2.33. The Labute approximate surface area is 108 Å². The van der Waals surface area contributed by atoms with Crippen LogP contribution in [0.3, 0.4) is 0 Å². The van der Waals surface area contributed by atoms with Gasteiger partial charge >= 0.3 is 0 Å². The topological polar surface area (TPSA) is 17.0 Å². The Bertz CT molecular complexity index is 528. The normalized spacial score (nSPS) is 10.7. The van der Waals surface area contributed by atoms with Gasteiger partial charge in [-0.1, -0.05) is 25.6 Å². The van der Waals surface area contributed by atoms with Gasteiger partial charge in [0.15, 0.2) is 0 Å². The predicted octanol–water partition coefficient (Wildman–Crippen LogP) is 4.11. The maximum atomic E-state index is 5.31. The molecule has 0 amide bonds. The van der Waals surface area contributed by atoms with E-state index < -0.39 is 0 Å². The zero-order valence-electron chi connectivity index (χ0n) is 10.4. The van der Waals surface area contributed by atoms with Gasteiger partial charge in [-0.15, -0.1) is 0 Å². The Morgan fingerprint density at radius 3 is 2.94 bits per heavy atom. The van der Waals surface area contributed by atoms with Crippen molar-refractivity contribution in [1.29, 1.82) is 0 Å². The highest BCUT2D eigenvalue weighted by Gasteiger charge is 2.01. The van der Waals surface area contributed by atoms with E-state index in [1.807, 2.05) is 0 Å². The van der Waals surface area contributed by atoms with E-state index in [1.54, 1.807) is 0 Å². The maximum absolute atomic E-state index is 5.31. The molecular weight excluding hydrogens is 228 g/mol. The van der Waals surface area contributed by atoms with Gasteiger partial charge in [-0.3, -0.25) is 0 Å². The number of aromatic nitrogens is 1. The van der Waals surface area contributed by atoms with E-state index in [2.05, 4.69) is 54.3 Å². The van der Waals surface area contributed by atoms with Gasteiger partial charge in [0.2, 0.25) is 0 Å². The monoisotopic (exact) mass is 246 g/mol. The summed E-state index contributed by atoms with van der Waals surface area (Å²) >= 11 is 5.31. The molecule has 0 atom stereocenters. The summed E-state index contributed by atoms with van der Waals surface area (Å²) in [5, 5.41) is 4.55. The van der Waals surface area contributed by atoms with Crippen molar-refractivity contribution in [3.05, 3.63) is 30.5 Å². The van der Waals surface area contributed by atoms with Crippen molar-refractivity contribution in [1.82, 2.24) is 4.57 Å². The highest BCUT2D eigenvalue weighted by molar-refractivity contribution is 7.80. The van der Waals surface area contributed by atoms with Crippen molar-refractivity contribution in [2.45, 2.75) is 26.2 Å². The minimum atomic E-state index is 0.933. The number of hydrogen-bond donors (Lipinski definition) is 1. The van der Waals surface area contributed by atoms with Gasteiger partial charge in [0.05, 0.1) is 4.99 Å². The number of fused-ring (bicyclic) bond motifs is 1. The molecule has 1 aromatic heterocycles. The van der Waals surface area contributed by atoms with E-state index >= 15 is 0 Å². The van der Waals surface area contributed by atoms with Crippen LogP contribution in [0.1, 0.15) is 26.2 Å². The van der Waals surface area contributed by atoms with Crippen molar-refractivity contribution in [3.8, 4) is 0 Å². The summed E-state index contributed by atoms with van der Waals surface area (Å²) in [6.45, 7) is 2.18. The second-order valence-electron chi connectivity index (χ2n) is 4.35. The molecule has 0 unspecified atom stereocenters. The van der Waals surface area contributed by atoms with Gasteiger partial charge in [-0.25, -0.2) is 0 Å². The summed E-state index contributed by atoms with van der Waals surface area (Å²) in [6, 6.07) is 8.48. The zero-order valence-corrected chi connectivity index (χ0v) is 11.2. The van der Waals surface area contributed by atoms with Crippen LogP contribution in [0.25, 0.3) is 10.9 Å². The molecule has 1 heterocycles. The Balaban J connectivity index is 2.11. The second kappa shape index (κ2) is 5.32. The van der Waals surface area contributed by atoms with Crippen LogP contribution in [0.4, 0.5) is 5.69 Å². The number of benzene rings is 1. The molecule has 90 valence electrons. The maximum Gasteiger partial charge on any atom is 0.0797 e. The van der Waals surface area contributed by atoms with Crippen LogP contribution in [0, 0.1) is 0 Å². The molecule has 1 N–H and O–H groups in total. The standard InChI is InChI=1S/C14H18N2S/c1-3-4-5-14(17)15-12-6-7-13-11(10-12)8-9-16(13)2/h6-10H,3-5H2,1-2H3,(H,15,17). The number of rotatable bonds is 4. The molecule has 0 spiro atoms. The number of anilines is 1. The molecule has 3 heteroatoms. The fourth-order valence-corrected chi connectivity index (χ4v) is 2.18. The van der Waals surface area contributed by atoms with Crippen LogP contribution in [-0.2, 0) is 7.05 Å². The summed E-state index contributed by atoms with van der Waals surface area (Å²) in [6.07, 6.45) is 5.38. The molecule has 2 aromatic rings. The number of aryl methyl sites for hydroxylation is 1. The van der Waals surface area contributed by atoms with Gasteiger partial charge in [-0.2, -0.15) is 0 Å². The molecule has 0 fully saturated rings. The van der Waals surface area contributed by atoms with Crippen molar-refractivity contribution in [3.63, 3.8) is 0 Å². The minimum absolute atomic E-state index is 0.933. The Kier molecular flexibility index (Phi) is 3.79. The van der Waals surface area contributed by atoms with Gasteiger partial charge in [0.25, 0.3) is 0 Å². The fraction of sp³-hybridized carbons (Fsp3) is 0.357. The number of hydrogen-bond acceptors (Lipinski definition) is 1. The number of unbranched alkanes of at least 4 members (excludes halogenated alkanes) is 1. The van der Waals surface area contributed by atoms with E-state index in [0.717, 1.165) is 23.5 Å². The van der Waals surface area contributed by atoms with Crippen LogP contribution in [0.2, 0.25) is 0 Å². The van der Waals surface area contributed by atoms with Crippen molar-refractivity contribution >= 4 is 33.8 Å². The molecule has 2 rings (SSSR count). The third kappa shape index (κ3) is 2.86. The first-order valence-electron chi connectivity index (χ1n) is 6.05. The van der Waals surface area contributed by atoms with Gasteiger partial charge < -0.3 is 9.88 Å². The van der Waals surface area contributed by atoms with Crippen molar-refractivity contribution in [2.75, 3.05) is 5.32 Å². The second-order valence-corrected chi connectivity index (χ2v) is 4.84. The molecule has 1 aromatic carbocycles. The third-order valence-corrected chi connectivity index (χ3v) is 3.23. The highest BCUT2D eigenvalue weighted by Crippen LogP contribution is 2.20. The number of thiocarbonyl (C=S) groups is 1. The van der Waals surface area contributed by atoms with Crippen LogP contribution in [0.5, 0.6) is 0 Å². The van der Waals surface area contributed by atoms with Gasteiger partial charge in [0.1, 0.15) is 0 Å². The number of nitrogens with zero attached hydrogens (tertiary/aromatic N) is 1.